The van der Waals surface area contributed by atoms with E-state index in [9.17, 15) is 4.79 Å². The maximum absolute atomic E-state index is 12.7. The summed E-state index contributed by atoms with van der Waals surface area (Å²) in [5.74, 6) is 0.942. The highest BCUT2D eigenvalue weighted by molar-refractivity contribution is 5.77. The fraction of sp³-hybridized carbons (Fsp3) is 0.176. The van der Waals surface area contributed by atoms with E-state index < -0.39 is 12.0 Å². The fourth-order valence-corrected chi connectivity index (χ4v) is 2.62. The largest absolute Gasteiger partial charge is 0.425 e. The van der Waals surface area contributed by atoms with Crippen LogP contribution in [0.1, 0.15) is 19.4 Å². The van der Waals surface area contributed by atoms with Crippen molar-refractivity contribution in [1.82, 2.24) is 45.4 Å². The molecule has 0 spiro atoms. The maximum atomic E-state index is 12.7. The van der Waals surface area contributed by atoms with Gasteiger partial charge in [0.25, 0.3) is 0 Å². The quantitative estimate of drug-likeness (QED) is 0.360. The molecule has 1 unspecified atom stereocenters. The van der Waals surface area contributed by atoms with E-state index >= 15 is 0 Å². The third-order valence-corrected chi connectivity index (χ3v) is 3.94. The van der Waals surface area contributed by atoms with Crippen LogP contribution in [-0.2, 0) is 4.79 Å². The van der Waals surface area contributed by atoms with Gasteiger partial charge in [0.1, 0.15) is 5.75 Å². The van der Waals surface area contributed by atoms with Crippen LogP contribution in [0.3, 0.4) is 0 Å². The second-order valence-corrected chi connectivity index (χ2v) is 5.71. The molecule has 140 valence electrons. The van der Waals surface area contributed by atoms with Crippen molar-refractivity contribution in [1.29, 1.82) is 0 Å². The Morgan fingerprint density at radius 3 is 2.50 bits per heavy atom. The van der Waals surface area contributed by atoms with Crippen molar-refractivity contribution < 1.29 is 9.53 Å². The standard InChI is InChI=1S/C17H15N9O2/c1-2-13(17(27)28-12-8-4-3-5-9-12)25-15(19-21-23-25)16-20-22-24-26(16)14-10-6-7-11-18-14/h3-11,13H,2H2,1H3. The molecule has 3 aromatic heterocycles. The molecule has 3 heterocycles. The number of hydrogen-bond acceptors (Lipinski definition) is 9. The summed E-state index contributed by atoms with van der Waals surface area (Å²) >= 11 is 0. The van der Waals surface area contributed by atoms with Gasteiger partial charge in [0.2, 0.25) is 11.6 Å². The number of pyridine rings is 1. The lowest BCUT2D eigenvalue weighted by Crippen LogP contribution is -2.26. The molecule has 11 nitrogen and oxygen atoms in total. The van der Waals surface area contributed by atoms with Crippen molar-refractivity contribution >= 4 is 5.97 Å². The van der Waals surface area contributed by atoms with Crippen molar-refractivity contribution in [3.05, 3.63) is 54.7 Å². The lowest BCUT2D eigenvalue weighted by molar-refractivity contribution is -0.138. The summed E-state index contributed by atoms with van der Waals surface area (Å²) in [7, 11) is 0. The van der Waals surface area contributed by atoms with E-state index in [1.165, 1.54) is 9.36 Å². The first kappa shape index (κ1) is 17.4. The number of hydrogen-bond donors (Lipinski definition) is 0. The maximum Gasteiger partial charge on any atom is 0.336 e. The molecule has 0 N–H and O–H groups in total. The first-order valence-corrected chi connectivity index (χ1v) is 8.52. The molecule has 11 heteroatoms. The van der Waals surface area contributed by atoms with Crippen molar-refractivity contribution in [3.63, 3.8) is 0 Å². The average Bonchev–Trinajstić information content (AvgIpc) is 3.39. The summed E-state index contributed by atoms with van der Waals surface area (Å²) in [6.07, 6.45) is 2.03. The molecule has 1 atom stereocenters. The second-order valence-electron chi connectivity index (χ2n) is 5.71. The van der Waals surface area contributed by atoms with Crippen molar-refractivity contribution in [2.75, 3.05) is 0 Å². The van der Waals surface area contributed by atoms with Gasteiger partial charge in [-0.15, -0.1) is 10.2 Å². The molecule has 4 rings (SSSR count). The van der Waals surface area contributed by atoms with Crippen LogP contribution in [0.25, 0.3) is 17.5 Å². The van der Waals surface area contributed by atoms with E-state index in [0.717, 1.165) is 0 Å². The Hall–Kier alpha value is -4.02. The number of carbonyl (C=O) groups excluding carboxylic acids is 1. The van der Waals surface area contributed by atoms with Crippen LogP contribution in [0.2, 0.25) is 0 Å². The number of esters is 1. The van der Waals surface area contributed by atoms with E-state index in [4.69, 9.17) is 4.74 Å². The molecule has 0 saturated heterocycles. The third kappa shape index (κ3) is 3.32. The topological polar surface area (TPSA) is 126 Å². The van der Waals surface area contributed by atoms with Gasteiger partial charge in [-0.05, 0) is 51.5 Å². The Balaban J connectivity index is 1.67. The van der Waals surface area contributed by atoms with E-state index in [1.54, 1.807) is 42.6 Å². The van der Waals surface area contributed by atoms with E-state index in [0.29, 0.717) is 18.0 Å². The number of benzene rings is 1. The van der Waals surface area contributed by atoms with E-state index in [1.807, 2.05) is 19.1 Å². The van der Waals surface area contributed by atoms with Gasteiger partial charge >= 0.3 is 5.97 Å². The molecule has 0 radical (unpaired) electrons. The van der Waals surface area contributed by atoms with Gasteiger partial charge in [-0.1, -0.05) is 31.2 Å². The summed E-state index contributed by atoms with van der Waals surface area (Å²) in [5, 5.41) is 23.3. The van der Waals surface area contributed by atoms with Gasteiger partial charge in [0.15, 0.2) is 11.9 Å². The van der Waals surface area contributed by atoms with Crippen LogP contribution >= 0.6 is 0 Å². The molecule has 0 aliphatic carbocycles. The number of rotatable bonds is 6. The first-order chi connectivity index (χ1) is 13.8. The molecule has 0 aliphatic heterocycles. The van der Waals surface area contributed by atoms with Crippen molar-refractivity contribution in [2.24, 2.45) is 0 Å². The average molecular weight is 377 g/mol. The Kier molecular flexibility index (Phi) is 4.78. The van der Waals surface area contributed by atoms with Gasteiger partial charge in [-0.25, -0.2) is 14.5 Å². The fourth-order valence-electron chi connectivity index (χ4n) is 2.62. The highest BCUT2D eigenvalue weighted by atomic mass is 16.5. The summed E-state index contributed by atoms with van der Waals surface area (Å²) in [4.78, 5) is 16.9. The SMILES string of the molecule is CCC(C(=O)Oc1ccccc1)n1nnnc1-c1nnnn1-c1ccccn1. The minimum Gasteiger partial charge on any atom is -0.425 e. The molecule has 0 fully saturated rings. The molecular weight excluding hydrogens is 362 g/mol. The lowest BCUT2D eigenvalue weighted by Gasteiger charge is -2.15. The number of aromatic nitrogens is 9. The Bertz CT molecular complexity index is 1060. The monoisotopic (exact) mass is 377 g/mol. The van der Waals surface area contributed by atoms with Gasteiger partial charge in [0.05, 0.1) is 0 Å². The summed E-state index contributed by atoms with van der Waals surface area (Å²) < 4.78 is 8.21. The van der Waals surface area contributed by atoms with Crippen molar-refractivity contribution in [2.45, 2.75) is 19.4 Å². The zero-order chi connectivity index (χ0) is 19.3. The Labute approximate surface area is 159 Å². The third-order valence-electron chi connectivity index (χ3n) is 3.94. The van der Waals surface area contributed by atoms with Gasteiger partial charge in [-0.3, -0.25) is 0 Å². The molecule has 28 heavy (non-hydrogen) atoms. The van der Waals surface area contributed by atoms with Crippen LogP contribution in [-0.4, -0.2) is 51.4 Å². The minimum absolute atomic E-state index is 0.229. The number of para-hydroxylation sites is 1. The Morgan fingerprint density at radius 1 is 1.00 bits per heavy atom. The zero-order valence-electron chi connectivity index (χ0n) is 14.8. The predicted molar refractivity (Wildman–Crippen MR) is 95.2 cm³/mol. The van der Waals surface area contributed by atoms with Gasteiger partial charge in [0, 0.05) is 6.20 Å². The van der Waals surface area contributed by atoms with Crippen LogP contribution in [0.15, 0.2) is 54.7 Å². The van der Waals surface area contributed by atoms with Gasteiger partial charge < -0.3 is 4.74 Å². The summed E-state index contributed by atoms with van der Waals surface area (Å²) in [6.45, 7) is 1.84. The highest BCUT2D eigenvalue weighted by Gasteiger charge is 2.28. The van der Waals surface area contributed by atoms with E-state index in [-0.39, 0.29) is 11.6 Å². The summed E-state index contributed by atoms with van der Waals surface area (Å²) in [6, 6.07) is 13.4. The summed E-state index contributed by atoms with van der Waals surface area (Å²) in [5.41, 5.74) is 0. The molecule has 0 saturated carbocycles. The number of nitrogens with zero attached hydrogens (tertiary/aromatic N) is 9. The van der Waals surface area contributed by atoms with Crippen molar-refractivity contribution in [3.8, 4) is 23.2 Å². The highest BCUT2D eigenvalue weighted by Crippen LogP contribution is 2.22. The number of carbonyl (C=O) groups is 1. The normalized spacial score (nSPS) is 11.9. The molecular formula is C17H15N9O2. The minimum atomic E-state index is -0.751. The van der Waals surface area contributed by atoms with Gasteiger partial charge in [-0.2, -0.15) is 4.68 Å². The zero-order valence-corrected chi connectivity index (χ0v) is 14.8. The molecule has 4 aromatic rings. The second kappa shape index (κ2) is 7.70. The first-order valence-electron chi connectivity index (χ1n) is 8.52. The van der Waals surface area contributed by atoms with Crippen LogP contribution < -0.4 is 4.74 Å². The predicted octanol–water partition coefficient (Wildman–Crippen LogP) is 1.27. The molecule has 0 bridgehead atoms. The number of ether oxygens (including phenoxy) is 1. The molecule has 1 aromatic carbocycles. The molecule has 0 aliphatic rings. The van der Waals surface area contributed by atoms with Crippen LogP contribution in [0, 0.1) is 0 Å². The van der Waals surface area contributed by atoms with E-state index in [2.05, 4.69) is 36.0 Å². The molecule has 0 amide bonds. The lowest BCUT2D eigenvalue weighted by atomic mass is 10.2. The smallest absolute Gasteiger partial charge is 0.336 e. The number of tetrazole rings is 2. The van der Waals surface area contributed by atoms with Crippen LogP contribution in [0.5, 0.6) is 5.75 Å². The van der Waals surface area contributed by atoms with Crippen LogP contribution in [0.4, 0.5) is 0 Å². The Morgan fingerprint density at radius 2 is 1.75 bits per heavy atom.